The van der Waals surface area contributed by atoms with Crippen molar-refractivity contribution < 1.29 is 4.57 Å². The lowest BCUT2D eigenvalue weighted by molar-refractivity contribution is 0.592. The van der Waals surface area contributed by atoms with Crippen LogP contribution in [0.4, 0.5) is 0 Å². The Morgan fingerprint density at radius 2 is 1.21 bits per heavy atom. The third-order valence-electron chi connectivity index (χ3n) is 7.82. The maximum atomic E-state index is 15.9. The summed E-state index contributed by atoms with van der Waals surface area (Å²) < 4.78 is 15.9. The van der Waals surface area contributed by atoms with Crippen molar-refractivity contribution in [2.45, 2.75) is 0 Å². The summed E-state index contributed by atoms with van der Waals surface area (Å²) in [5.74, 6) is 0. The van der Waals surface area contributed by atoms with Crippen LogP contribution < -0.4 is 15.9 Å². The molecule has 0 radical (unpaired) electrons. The van der Waals surface area contributed by atoms with Crippen molar-refractivity contribution in [3.63, 3.8) is 0 Å². The second-order valence-corrected chi connectivity index (χ2v) is 12.4. The van der Waals surface area contributed by atoms with Crippen molar-refractivity contribution in [1.82, 2.24) is 10.2 Å². The number of hydrogen-bond acceptors (Lipinski definition) is 3. The van der Waals surface area contributed by atoms with Crippen LogP contribution >= 0.6 is 7.14 Å². The summed E-state index contributed by atoms with van der Waals surface area (Å²) in [6.45, 7) is 0. The molecule has 0 saturated heterocycles. The molecule has 0 spiro atoms. The van der Waals surface area contributed by atoms with E-state index in [1.165, 1.54) is 0 Å². The predicted molar refractivity (Wildman–Crippen MR) is 158 cm³/mol. The molecule has 1 aromatic heterocycles. The lowest BCUT2D eigenvalue weighted by Gasteiger charge is -2.23. The third-order valence-corrected chi connectivity index (χ3v) is 11.0. The minimum absolute atomic E-state index is 0.838. The van der Waals surface area contributed by atoms with Gasteiger partial charge in [-0.2, -0.15) is 5.10 Å². The van der Waals surface area contributed by atoms with Crippen LogP contribution in [0.25, 0.3) is 54.7 Å². The van der Waals surface area contributed by atoms with Gasteiger partial charge in [-0.25, -0.2) is 0 Å². The van der Waals surface area contributed by atoms with E-state index >= 15 is 4.57 Å². The minimum atomic E-state index is -3.27. The van der Waals surface area contributed by atoms with Gasteiger partial charge in [-0.3, -0.25) is 0 Å². The van der Waals surface area contributed by atoms with E-state index in [0.717, 1.165) is 70.6 Å². The summed E-state index contributed by atoms with van der Waals surface area (Å²) in [6, 6.07) is 41.3. The maximum absolute atomic E-state index is 15.9. The van der Waals surface area contributed by atoms with Crippen LogP contribution in [-0.4, -0.2) is 10.2 Å². The van der Waals surface area contributed by atoms with Gasteiger partial charge < -0.3 is 4.57 Å². The van der Waals surface area contributed by atoms with Gasteiger partial charge in [-0.15, -0.1) is 5.10 Å². The summed E-state index contributed by atoms with van der Waals surface area (Å²) in [5, 5.41) is 16.8. The fourth-order valence-corrected chi connectivity index (χ4v) is 9.30. The molecule has 1 aliphatic heterocycles. The fourth-order valence-electron chi connectivity index (χ4n) is 6.24. The number of benzene rings is 6. The zero-order valence-electron chi connectivity index (χ0n) is 20.4. The van der Waals surface area contributed by atoms with Crippen LogP contribution in [0.5, 0.6) is 0 Å². The number of fused-ring (bicyclic) bond motifs is 12. The molecule has 0 amide bonds. The molecule has 7 aromatic rings. The molecule has 2 heterocycles. The molecular formula is C34H21N2OP. The Kier molecular flexibility index (Phi) is 4.50. The first-order valence-corrected chi connectivity index (χ1v) is 14.4. The smallest absolute Gasteiger partial charge is 0.172 e. The maximum Gasteiger partial charge on any atom is 0.172 e. The van der Waals surface area contributed by atoms with Crippen LogP contribution in [0.15, 0.2) is 128 Å². The monoisotopic (exact) mass is 504 g/mol. The standard InChI is InChI=1S/C34H21N2OP/c37-38(23-11-2-1-3-12-23)29-17-9-8-16-27(29)31-28-20-21-35-36-34(28)26-15-7-6-14-25(26)33(31)32-24-13-5-4-10-22(24)18-19-30(32)38/h1-21H. The summed E-state index contributed by atoms with van der Waals surface area (Å²) in [6.07, 6.45) is 1.76. The molecule has 0 fully saturated rings. The molecule has 0 bridgehead atoms. The van der Waals surface area contributed by atoms with Gasteiger partial charge in [0, 0.05) is 37.8 Å². The Labute approximate surface area is 219 Å². The first-order chi connectivity index (χ1) is 18.8. The Morgan fingerprint density at radius 1 is 0.500 bits per heavy atom. The molecule has 8 rings (SSSR count). The predicted octanol–water partition coefficient (Wildman–Crippen LogP) is 7.22. The summed E-state index contributed by atoms with van der Waals surface area (Å²) in [7, 11) is -3.27. The largest absolute Gasteiger partial charge is 0.309 e. The lowest BCUT2D eigenvalue weighted by atomic mass is 9.85. The van der Waals surface area contributed by atoms with Crippen molar-refractivity contribution in [1.29, 1.82) is 0 Å². The van der Waals surface area contributed by atoms with E-state index in [4.69, 9.17) is 0 Å². The molecule has 0 N–H and O–H groups in total. The van der Waals surface area contributed by atoms with Gasteiger partial charge >= 0.3 is 0 Å². The van der Waals surface area contributed by atoms with Crippen LogP contribution in [0.3, 0.4) is 0 Å². The second-order valence-electron chi connectivity index (χ2n) is 9.73. The molecule has 6 aromatic carbocycles. The molecule has 0 aliphatic carbocycles. The molecule has 3 nitrogen and oxygen atoms in total. The molecule has 1 atom stereocenters. The lowest BCUT2D eigenvalue weighted by Crippen LogP contribution is -2.26. The highest BCUT2D eigenvalue weighted by Gasteiger charge is 2.39. The van der Waals surface area contributed by atoms with Gasteiger partial charge in [0.2, 0.25) is 0 Å². The van der Waals surface area contributed by atoms with Crippen LogP contribution in [-0.2, 0) is 4.57 Å². The summed E-state index contributed by atoms with van der Waals surface area (Å²) in [4.78, 5) is 0. The number of rotatable bonds is 1. The van der Waals surface area contributed by atoms with Crippen LogP contribution in [0, 0.1) is 0 Å². The van der Waals surface area contributed by atoms with Crippen molar-refractivity contribution in [3.05, 3.63) is 128 Å². The van der Waals surface area contributed by atoms with E-state index in [1.807, 2.05) is 60.7 Å². The Balaban J connectivity index is 1.73. The third kappa shape index (κ3) is 2.77. The van der Waals surface area contributed by atoms with Gasteiger partial charge in [-0.1, -0.05) is 109 Å². The average Bonchev–Trinajstić information content (AvgIpc) is 3.10. The highest BCUT2D eigenvalue weighted by Crippen LogP contribution is 2.55. The normalized spacial score (nSPS) is 16.1. The minimum Gasteiger partial charge on any atom is -0.309 e. The number of hydrogen-bond donors (Lipinski definition) is 0. The SMILES string of the molecule is O=P1(c2ccccc2)c2ccccc2-c2c(c3ccccc3c3nnccc23)-c2c1ccc1ccccc21. The molecule has 38 heavy (non-hydrogen) atoms. The van der Waals surface area contributed by atoms with Crippen molar-refractivity contribution in [2.24, 2.45) is 0 Å². The zero-order valence-corrected chi connectivity index (χ0v) is 21.3. The quantitative estimate of drug-likeness (QED) is 0.175. The molecular weight excluding hydrogens is 483 g/mol. The first-order valence-electron chi connectivity index (χ1n) is 12.7. The summed E-state index contributed by atoms with van der Waals surface area (Å²) >= 11 is 0. The Morgan fingerprint density at radius 3 is 2.08 bits per heavy atom. The number of nitrogens with zero attached hydrogens (tertiary/aromatic N) is 2. The van der Waals surface area contributed by atoms with Gasteiger partial charge in [0.05, 0.1) is 6.20 Å². The van der Waals surface area contributed by atoms with Gasteiger partial charge in [-0.05, 0) is 39.4 Å². The molecule has 0 saturated carbocycles. The summed E-state index contributed by atoms with van der Waals surface area (Å²) in [5.41, 5.74) is 5.05. The average molecular weight is 505 g/mol. The van der Waals surface area contributed by atoms with E-state index < -0.39 is 7.14 Å². The molecule has 1 aliphatic rings. The zero-order chi connectivity index (χ0) is 25.3. The van der Waals surface area contributed by atoms with Crippen LogP contribution in [0.1, 0.15) is 0 Å². The number of aromatic nitrogens is 2. The van der Waals surface area contributed by atoms with Gasteiger partial charge in [0.15, 0.2) is 7.14 Å². The van der Waals surface area contributed by atoms with Crippen molar-refractivity contribution in [3.8, 4) is 22.3 Å². The molecule has 1 unspecified atom stereocenters. The second kappa shape index (κ2) is 7.95. The van der Waals surface area contributed by atoms with E-state index in [1.54, 1.807) is 6.20 Å². The first kappa shape index (κ1) is 21.5. The van der Waals surface area contributed by atoms with E-state index in [2.05, 4.69) is 70.9 Å². The van der Waals surface area contributed by atoms with Gasteiger partial charge in [0.1, 0.15) is 5.52 Å². The van der Waals surface area contributed by atoms with Crippen molar-refractivity contribution in [2.75, 3.05) is 0 Å². The van der Waals surface area contributed by atoms with Crippen molar-refractivity contribution >= 4 is 55.5 Å². The van der Waals surface area contributed by atoms with Crippen LogP contribution in [0.2, 0.25) is 0 Å². The molecule has 178 valence electrons. The molecule has 4 heteroatoms. The topological polar surface area (TPSA) is 42.9 Å². The van der Waals surface area contributed by atoms with E-state index in [-0.39, 0.29) is 0 Å². The van der Waals surface area contributed by atoms with E-state index in [9.17, 15) is 0 Å². The Bertz CT molecular complexity index is 2120. The fraction of sp³-hybridized carbons (Fsp3) is 0. The highest BCUT2D eigenvalue weighted by atomic mass is 31.2. The van der Waals surface area contributed by atoms with Gasteiger partial charge in [0.25, 0.3) is 0 Å². The highest BCUT2D eigenvalue weighted by molar-refractivity contribution is 7.85. The Hall–Kier alpha value is -4.59. The van der Waals surface area contributed by atoms with E-state index in [0.29, 0.717) is 0 Å².